The molecule has 0 radical (unpaired) electrons. The molecule has 1 aromatic rings. The van der Waals surface area contributed by atoms with Crippen LogP contribution in [0.1, 0.15) is 61.7 Å². The fraction of sp³-hybridized carbons (Fsp3) is 0.562. The van der Waals surface area contributed by atoms with Gasteiger partial charge >= 0.3 is 0 Å². The van der Waals surface area contributed by atoms with Crippen LogP contribution in [0.5, 0.6) is 0 Å². The summed E-state index contributed by atoms with van der Waals surface area (Å²) in [4.78, 5) is 11.6. The van der Waals surface area contributed by atoms with Gasteiger partial charge in [0.15, 0.2) is 5.78 Å². The maximum absolute atomic E-state index is 11.6. The van der Waals surface area contributed by atoms with Crippen LogP contribution in [-0.4, -0.2) is 5.78 Å². The minimum Gasteiger partial charge on any atom is -0.295 e. The normalized spacial score (nSPS) is 20.1. The third kappa shape index (κ3) is 1.55. The van der Waals surface area contributed by atoms with Crippen molar-refractivity contribution in [1.29, 1.82) is 0 Å². The van der Waals surface area contributed by atoms with Gasteiger partial charge in [-0.15, -0.1) is 0 Å². The Kier molecular flexibility index (Phi) is 2.50. The van der Waals surface area contributed by atoms with Crippen molar-refractivity contribution < 1.29 is 4.79 Å². The average Bonchev–Trinajstić information content (AvgIpc) is 2.33. The molecule has 0 bridgehead atoms. The third-order valence-corrected chi connectivity index (χ3v) is 4.88. The highest BCUT2D eigenvalue weighted by molar-refractivity contribution is 5.96. The van der Waals surface area contributed by atoms with Crippen molar-refractivity contribution in [3.05, 3.63) is 34.4 Å². The van der Waals surface area contributed by atoms with Gasteiger partial charge in [0.25, 0.3) is 0 Å². The summed E-state index contributed by atoms with van der Waals surface area (Å²) < 4.78 is 0. The molecule has 0 unspecified atom stereocenters. The van der Waals surface area contributed by atoms with E-state index < -0.39 is 0 Å². The number of hydrogen-bond donors (Lipinski definition) is 0. The Hall–Kier alpha value is -1.11. The quantitative estimate of drug-likeness (QED) is 0.665. The Labute approximate surface area is 104 Å². The molecule has 0 fully saturated rings. The predicted octanol–water partition coefficient (Wildman–Crippen LogP) is 4.06. The molecule has 2 rings (SSSR count). The van der Waals surface area contributed by atoms with Gasteiger partial charge in [-0.1, -0.05) is 39.8 Å². The van der Waals surface area contributed by atoms with Crippen molar-refractivity contribution in [2.24, 2.45) is 5.41 Å². The molecular formula is C16H22O. The van der Waals surface area contributed by atoms with Crippen LogP contribution in [0.25, 0.3) is 0 Å². The number of carbonyl (C=O) groups is 1. The molecule has 0 aliphatic heterocycles. The Morgan fingerprint density at radius 2 is 1.76 bits per heavy atom. The number of carbonyl (C=O) groups excluding carboxylic acids is 1. The van der Waals surface area contributed by atoms with Crippen LogP contribution in [0.4, 0.5) is 0 Å². The maximum Gasteiger partial charge on any atom is 0.160 e. The van der Waals surface area contributed by atoms with E-state index in [4.69, 9.17) is 0 Å². The van der Waals surface area contributed by atoms with Crippen LogP contribution in [-0.2, 0) is 11.8 Å². The Balaban J connectivity index is 2.71. The van der Waals surface area contributed by atoms with Gasteiger partial charge in [0, 0.05) is 5.56 Å². The van der Waals surface area contributed by atoms with Crippen molar-refractivity contribution in [1.82, 2.24) is 0 Å². The van der Waals surface area contributed by atoms with E-state index in [9.17, 15) is 4.79 Å². The highest BCUT2D eigenvalue weighted by Gasteiger charge is 2.46. The Morgan fingerprint density at radius 1 is 1.18 bits per heavy atom. The topological polar surface area (TPSA) is 17.1 Å². The number of fused-ring (bicyclic) bond motifs is 1. The zero-order valence-corrected chi connectivity index (χ0v) is 11.8. The van der Waals surface area contributed by atoms with E-state index in [0.717, 1.165) is 12.0 Å². The largest absolute Gasteiger partial charge is 0.295 e. The minimum absolute atomic E-state index is 0.137. The van der Waals surface area contributed by atoms with Gasteiger partial charge in [-0.3, -0.25) is 4.79 Å². The number of benzene rings is 1. The third-order valence-electron chi connectivity index (χ3n) is 4.88. The summed E-state index contributed by atoms with van der Waals surface area (Å²) in [6.07, 6.45) is 1.11. The van der Waals surface area contributed by atoms with E-state index in [1.807, 2.05) is 6.07 Å². The molecule has 0 spiro atoms. The van der Waals surface area contributed by atoms with Crippen molar-refractivity contribution in [3.8, 4) is 0 Å². The van der Waals surface area contributed by atoms with Gasteiger partial charge in [0.1, 0.15) is 0 Å². The lowest BCUT2D eigenvalue weighted by molar-refractivity contribution is 0.101. The van der Waals surface area contributed by atoms with Crippen LogP contribution in [0.15, 0.2) is 12.1 Å². The summed E-state index contributed by atoms with van der Waals surface area (Å²) in [5, 5.41) is 0. The first-order chi connectivity index (χ1) is 7.68. The molecule has 0 atom stereocenters. The van der Waals surface area contributed by atoms with Gasteiger partial charge in [-0.25, -0.2) is 0 Å². The highest BCUT2D eigenvalue weighted by Crippen LogP contribution is 2.52. The molecule has 0 saturated heterocycles. The van der Waals surface area contributed by atoms with Crippen molar-refractivity contribution in [2.75, 3.05) is 0 Å². The van der Waals surface area contributed by atoms with Gasteiger partial charge in [-0.2, -0.15) is 0 Å². The monoisotopic (exact) mass is 230 g/mol. The summed E-state index contributed by atoms with van der Waals surface area (Å²) >= 11 is 0. The lowest BCUT2D eigenvalue weighted by Gasteiger charge is -2.36. The second-order valence-corrected chi connectivity index (χ2v) is 6.51. The Bertz CT molecular complexity index is 492. The fourth-order valence-electron chi connectivity index (χ4n) is 3.20. The predicted molar refractivity (Wildman–Crippen MR) is 71.7 cm³/mol. The molecule has 0 amide bonds. The van der Waals surface area contributed by atoms with E-state index in [2.05, 4.69) is 40.7 Å². The highest BCUT2D eigenvalue weighted by atomic mass is 16.1. The molecule has 92 valence electrons. The second kappa shape index (κ2) is 3.44. The van der Waals surface area contributed by atoms with E-state index in [-0.39, 0.29) is 16.6 Å². The molecule has 1 aromatic carbocycles. The SMILES string of the molecule is CC(=O)c1ccc2c(c1C)C(C)(C)C(C)(C)C2. The second-order valence-electron chi connectivity index (χ2n) is 6.51. The molecule has 1 aliphatic rings. The van der Waals surface area contributed by atoms with E-state index in [1.165, 1.54) is 16.7 Å². The molecular weight excluding hydrogens is 208 g/mol. The van der Waals surface area contributed by atoms with Crippen LogP contribution in [0.3, 0.4) is 0 Å². The van der Waals surface area contributed by atoms with Crippen molar-refractivity contribution in [2.45, 2.75) is 53.4 Å². The summed E-state index contributed by atoms with van der Waals surface area (Å²) in [5.74, 6) is 0.172. The first-order valence-electron chi connectivity index (χ1n) is 6.32. The van der Waals surface area contributed by atoms with E-state index in [1.54, 1.807) is 6.92 Å². The summed E-state index contributed by atoms with van der Waals surface area (Å²) in [5.41, 5.74) is 5.28. The minimum atomic E-state index is 0.137. The number of Topliss-reactive ketones (excluding diaryl/α,β-unsaturated/α-hetero) is 1. The number of rotatable bonds is 1. The molecule has 1 heteroatoms. The molecule has 0 N–H and O–H groups in total. The van der Waals surface area contributed by atoms with Crippen molar-refractivity contribution >= 4 is 5.78 Å². The maximum atomic E-state index is 11.6. The first-order valence-corrected chi connectivity index (χ1v) is 6.32. The zero-order chi connectivity index (χ0) is 13.0. The molecule has 1 nitrogen and oxygen atoms in total. The fourth-order valence-corrected chi connectivity index (χ4v) is 3.20. The first kappa shape index (κ1) is 12.3. The molecule has 1 aliphatic carbocycles. The van der Waals surface area contributed by atoms with Crippen LogP contribution in [0, 0.1) is 12.3 Å². The van der Waals surface area contributed by atoms with Gasteiger partial charge < -0.3 is 0 Å². The number of hydrogen-bond acceptors (Lipinski definition) is 1. The average molecular weight is 230 g/mol. The van der Waals surface area contributed by atoms with Crippen LogP contribution >= 0.6 is 0 Å². The zero-order valence-electron chi connectivity index (χ0n) is 11.8. The van der Waals surface area contributed by atoms with E-state index >= 15 is 0 Å². The summed E-state index contributed by atoms with van der Waals surface area (Å²) in [7, 11) is 0. The molecule has 17 heavy (non-hydrogen) atoms. The molecule has 0 aromatic heterocycles. The molecule has 0 heterocycles. The van der Waals surface area contributed by atoms with Gasteiger partial charge in [-0.05, 0) is 47.8 Å². The molecule has 0 saturated carbocycles. The Morgan fingerprint density at radius 3 is 2.29 bits per heavy atom. The van der Waals surface area contributed by atoms with Gasteiger partial charge in [0.2, 0.25) is 0 Å². The van der Waals surface area contributed by atoms with Crippen molar-refractivity contribution in [3.63, 3.8) is 0 Å². The lowest BCUT2D eigenvalue weighted by atomic mass is 9.67. The summed E-state index contributed by atoms with van der Waals surface area (Å²) in [6, 6.07) is 4.14. The smallest absolute Gasteiger partial charge is 0.160 e. The summed E-state index contributed by atoms with van der Waals surface area (Å²) in [6.45, 7) is 13.0. The standard InChI is InChI=1S/C16H22O/c1-10-13(11(2)17)8-7-12-9-15(3,4)16(5,6)14(10)12/h7-8H,9H2,1-6H3. The number of ketones is 1. The lowest BCUT2D eigenvalue weighted by Crippen LogP contribution is -2.32. The van der Waals surface area contributed by atoms with Crippen LogP contribution < -0.4 is 0 Å². The van der Waals surface area contributed by atoms with Crippen LogP contribution in [0.2, 0.25) is 0 Å². The van der Waals surface area contributed by atoms with Gasteiger partial charge in [0.05, 0.1) is 0 Å². The van der Waals surface area contributed by atoms with E-state index in [0.29, 0.717) is 0 Å².